The lowest BCUT2D eigenvalue weighted by Gasteiger charge is -2.18. The monoisotopic (exact) mass is 267 g/mol. The van der Waals surface area contributed by atoms with Gasteiger partial charge >= 0.3 is 0 Å². The average molecular weight is 267 g/mol. The number of phenolic OH excluding ortho intramolecular Hbond substituents is 1. The summed E-state index contributed by atoms with van der Waals surface area (Å²) in [5, 5.41) is 9.52. The zero-order valence-corrected chi connectivity index (χ0v) is 11.4. The van der Waals surface area contributed by atoms with E-state index in [9.17, 15) is 5.11 Å². The zero-order valence-electron chi connectivity index (χ0n) is 11.4. The van der Waals surface area contributed by atoms with Gasteiger partial charge in [-0.1, -0.05) is 12.1 Å². The van der Waals surface area contributed by atoms with Gasteiger partial charge in [0.15, 0.2) is 0 Å². The lowest BCUT2D eigenvalue weighted by Crippen LogP contribution is -2.01. The van der Waals surface area contributed by atoms with E-state index in [1.54, 1.807) is 13.2 Å². The quantitative estimate of drug-likeness (QED) is 0.819. The highest BCUT2D eigenvalue weighted by atomic mass is 16.5. The Morgan fingerprint density at radius 1 is 1.10 bits per heavy atom. The van der Waals surface area contributed by atoms with Crippen LogP contribution in [-0.2, 0) is 6.42 Å². The van der Waals surface area contributed by atoms with Gasteiger partial charge in [-0.15, -0.1) is 0 Å². The largest absolute Gasteiger partial charge is 0.508 e. The van der Waals surface area contributed by atoms with Crippen LogP contribution in [0.1, 0.15) is 23.1 Å². The van der Waals surface area contributed by atoms with Gasteiger partial charge in [0, 0.05) is 17.3 Å². The van der Waals surface area contributed by atoms with Crippen molar-refractivity contribution in [1.29, 1.82) is 0 Å². The first-order valence-corrected chi connectivity index (χ1v) is 6.64. The summed E-state index contributed by atoms with van der Waals surface area (Å²) in [5.41, 5.74) is 11.5. The number of ether oxygens (including phenoxy) is 1. The van der Waals surface area contributed by atoms with Crippen molar-refractivity contribution in [2.24, 2.45) is 0 Å². The zero-order chi connectivity index (χ0) is 14.1. The molecule has 1 aliphatic rings. The number of phenols is 1. The molecule has 0 spiro atoms. The minimum Gasteiger partial charge on any atom is -0.508 e. The SMILES string of the molecule is COc1ccc(C2=Cc3ccc(O)cc3CC2)c(N)c1. The van der Waals surface area contributed by atoms with Crippen molar-refractivity contribution >= 4 is 17.3 Å². The predicted octanol–water partition coefficient (Wildman–Crippen LogP) is 3.47. The van der Waals surface area contributed by atoms with E-state index in [1.165, 1.54) is 11.1 Å². The first kappa shape index (κ1) is 12.6. The summed E-state index contributed by atoms with van der Waals surface area (Å²) < 4.78 is 5.18. The number of aryl methyl sites for hydroxylation is 1. The number of fused-ring (bicyclic) bond motifs is 1. The fourth-order valence-corrected chi connectivity index (χ4v) is 2.65. The van der Waals surface area contributed by atoms with Crippen molar-refractivity contribution < 1.29 is 9.84 Å². The molecule has 3 nitrogen and oxygen atoms in total. The molecular formula is C17H17NO2. The molecule has 0 saturated carbocycles. The standard InChI is InChI=1S/C17H17NO2/c1-20-15-6-7-16(17(18)10-15)13-3-2-12-9-14(19)5-4-11(12)8-13/h4-10,19H,2-3,18H2,1H3. The Bertz CT molecular complexity index is 689. The topological polar surface area (TPSA) is 55.5 Å². The molecule has 0 radical (unpaired) electrons. The first-order valence-electron chi connectivity index (χ1n) is 6.64. The van der Waals surface area contributed by atoms with Gasteiger partial charge < -0.3 is 15.6 Å². The summed E-state index contributed by atoms with van der Waals surface area (Å²) in [4.78, 5) is 0. The maximum atomic E-state index is 9.52. The van der Waals surface area contributed by atoms with Crippen LogP contribution in [-0.4, -0.2) is 12.2 Å². The van der Waals surface area contributed by atoms with Crippen LogP contribution in [0.25, 0.3) is 11.6 Å². The number of methoxy groups -OCH3 is 1. The lowest BCUT2D eigenvalue weighted by molar-refractivity contribution is 0.415. The maximum absolute atomic E-state index is 9.52. The Labute approximate surface area is 118 Å². The van der Waals surface area contributed by atoms with Crippen LogP contribution in [0.2, 0.25) is 0 Å². The second-order valence-corrected chi connectivity index (χ2v) is 5.01. The third kappa shape index (κ3) is 2.23. The summed E-state index contributed by atoms with van der Waals surface area (Å²) in [6.45, 7) is 0. The molecule has 0 heterocycles. The minimum absolute atomic E-state index is 0.324. The van der Waals surface area contributed by atoms with Crippen molar-refractivity contribution in [2.75, 3.05) is 12.8 Å². The van der Waals surface area contributed by atoms with Crippen LogP contribution in [0.3, 0.4) is 0 Å². The van der Waals surface area contributed by atoms with Crippen molar-refractivity contribution in [3.8, 4) is 11.5 Å². The van der Waals surface area contributed by atoms with Crippen LogP contribution in [0.15, 0.2) is 36.4 Å². The van der Waals surface area contributed by atoms with Gasteiger partial charge in [0.2, 0.25) is 0 Å². The van der Waals surface area contributed by atoms with E-state index in [0.29, 0.717) is 5.75 Å². The molecule has 2 aromatic rings. The van der Waals surface area contributed by atoms with Crippen molar-refractivity contribution in [1.82, 2.24) is 0 Å². The van der Waals surface area contributed by atoms with Crippen molar-refractivity contribution in [2.45, 2.75) is 12.8 Å². The number of rotatable bonds is 2. The molecule has 0 fully saturated rings. The smallest absolute Gasteiger partial charge is 0.120 e. The number of hydrogen-bond donors (Lipinski definition) is 2. The Kier molecular flexibility index (Phi) is 3.11. The highest BCUT2D eigenvalue weighted by Gasteiger charge is 2.14. The second-order valence-electron chi connectivity index (χ2n) is 5.01. The Balaban J connectivity index is 2.01. The number of hydrogen-bond acceptors (Lipinski definition) is 3. The lowest BCUT2D eigenvalue weighted by atomic mass is 9.88. The van der Waals surface area contributed by atoms with E-state index in [0.717, 1.165) is 35.4 Å². The molecule has 1 aliphatic carbocycles. The molecule has 0 atom stereocenters. The van der Waals surface area contributed by atoms with Gasteiger partial charge in [0.25, 0.3) is 0 Å². The van der Waals surface area contributed by atoms with Crippen LogP contribution < -0.4 is 10.5 Å². The molecule has 102 valence electrons. The number of nitrogen functional groups attached to an aromatic ring is 1. The Hall–Kier alpha value is -2.42. The van der Waals surface area contributed by atoms with Crippen molar-refractivity contribution in [3.05, 3.63) is 53.1 Å². The summed E-state index contributed by atoms with van der Waals surface area (Å²) >= 11 is 0. The summed E-state index contributed by atoms with van der Waals surface area (Å²) in [6.07, 6.45) is 3.99. The Morgan fingerprint density at radius 3 is 2.70 bits per heavy atom. The summed E-state index contributed by atoms with van der Waals surface area (Å²) in [5.74, 6) is 1.09. The first-order chi connectivity index (χ1) is 9.67. The molecule has 0 saturated heterocycles. The van der Waals surface area contributed by atoms with Gasteiger partial charge in [-0.05, 0) is 53.8 Å². The van der Waals surface area contributed by atoms with Crippen LogP contribution in [0.4, 0.5) is 5.69 Å². The molecule has 0 amide bonds. The van der Waals surface area contributed by atoms with Gasteiger partial charge in [-0.3, -0.25) is 0 Å². The normalized spacial score (nSPS) is 13.6. The molecule has 3 N–H and O–H groups in total. The summed E-state index contributed by atoms with van der Waals surface area (Å²) in [7, 11) is 1.64. The van der Waals surface area contributed by atoms with E-state index in [2.05, 4.69) is 6.08 Å². The third-order valence-corrected chi connectivity index (χ3v) is 3.72. The molecule has 0 unspecified atom stereocenters. The number of anilines is 1. The van der Waals surface area contributed by atoms with E-state index in [1.807, 2.05) is 30.3 Å². The van der Waals surface area contributed by atoms with Gasteiger partial charge in [0.05, 0.1) is 7.11 Å². The van der Waals surface area contributed by atoms with Crippen LogP contribution >= 0.6 is 0 Å². The van der Waals surface area contributed by atoms with E-state index in [-0.39, 0.29) is 0 Å². The molecule has 3 rings (SSSR count). The molecule has 20 heavy (non-hydrogen) atoms. The number of nitrogens with two attached hydrogens (primary N) is 1. The minimum atomic E-state index is 0.324. The van der Waals surface area contributed by atoms with Gasteiger partial charge in [-0.25, -0.2) is 0 Å². The van der Waals surface area contributed by atoms with Crippen LogP contribution in [0, 0.1) is 0 Å². The molecule has 0 aromatic heterocycles. The number of aromatic hydroxyl groups is 1. The molecule has 3 heteroatoms. The van der Waals surface area contributed by atoms with Gasteiger partial charge in [-0.2, -0.15) is 0 Å². The number of benzene rings is 2. The fourth-order valence-electron chi connectivity index (χ4n) is 2.65. The van der Waals surface area contributed by atoms with Gasteiger partial charge in [0.1, 0.15) is 11.5 Å². The highest BCUT2D eigenvalue weighted by molar-refractivity contribution is 5.88. The molecular weight excluding hydrogens is 250 g/mol. The fraction of sp³-hybridized carbons (Fsp3) is 0.176. The van der Waals surface area contributed by atoms with E-state index < -0.39 is 0 Å². The molecule has 0 aliphatic heterocycles. The molecule has 2 aromatic carbocycles. The third-order valence-electron chi connectivity index (χ3n) is 3.72. The Morgan fingerprint density at radius 2 is 1.95 bits per heavy atom. The summed E-state index contributed by atoms with van der Waals surface area (Å²) in [6, 6.07) is 11.3. The number of allylic oxidation sites excluding steroid dienone is 1. The second kappa shape index (κ2) is 4.93. The van der Waals surface area contributed by atoms with Crippen LogP contribution in [0.5, 0.6) is 11.5 Å². The average Bonchev–Trinajstić information content (AvgIpc) is 2.46. The maximum Gasteiger partial charge on any atom is 0.120 e. The predicted molar refractivity (Wildman–Crippen MR) is 81.7 cm³/mol. The highest BCUT2D eigenvalue weighted by Crippen LogP contribution is 2.35. The molecule has 0 bridgehead atoms. The van der Waals surface area contributed by atoms with E-state index >= 15 is 0 Å². The van der Waals surface area contributed by atoms with Crippen molar-refractivity contribution in [3.63, 3.8) is 0 Å². The van der Waals surface area contributed by atoms with E-state index in [4.69, 9.17) is 10.5 Å².